The zero-order chi connectivity index (χ0) is 24.4. The molecule has 0 bridgehead atoms. The number of phenolic OH excluding ortho intramolecular Hbond substituents is 1. The third-order valence-corrected chi connectivity index (χ3v) is 4.82. The Morgan fingerprint density at radius 2 is 1.24 bits per heavy atom. The Labute approximate surface area is 211 Å². The summed E-state index contributed by atoms with van der Waals surface area (Å²) in [7, 11) is 0. The molecule has 11 heteroatoms. The summed E-state index contributed by atoms with van der Waals surface area (Å²) < 4.78 is 57.7. The van der Waals surface area contributed by atoms with Gasteiger partial charge in [0.2, 0.25) is 5.88 Å². The lowest BCUT2D eigenvalue weighted by molar-refractivity contribution is 0.423. The van der Waals surface area contributed by atoms with Crippen molar-refractivity contribution >= 4 is 47.8 Å². The van der Waals surface area contributed by atoms with Gasteiger partial charge >= 0.3 is 0 Å². The zero-order valence-electron chi connectivity index (χ0n) is 16.3. The monoisotopic (exact) mass is 650 g/mol. The summed E-state index contributed by atoms with van der Waals surface area (Å²) in [5.74, 6) is -3.38. The topological polar surface area (TPSA) is 55.2 Å². The van der Waals surface area contributed by atoms with E-state index in [4.69, 9.17) is 9.84 Å². The minimum absolute atomic E-state index is 0.0591. The fourth-order valence-electron chi connectivity index (χ4n) is 1.93. The van der Waals surface area contributed by atoms with Crippen molar-refractivity contribution in [2.45, 2.75) is 0 Å². The second-order valence-corrected chi connectivity index (χ2v) is 8.53. The number of benzene rings is 2. The summed E-state index contributed by atoms with van der Waals surface area (Å²) >= 11 is 9.69. The van der Waals surface area contributed by atoms with Gasteiger partial charge in [0.25, 0.3) is 0 Å². The first kappa shape index (κ1) is 26.7. The number of phenols is 1. The maximum absolute atomic E-state index is 13.2. The molecule has 172 valence electrons. The fraction of sp³-hybridized carbons (Fsp3) is 0. The zero-order valence-corrected chi connectivity index (χ0v) is 21.1. The van der Waals surface area contributed by atoms with Crippen molar-refractivity contribution in [1.82, 2.24) is 9.97 Å². The van der Waals surface area contributed by atoms with Crippen LogP contribution in [-0.4, -0.2) is 15.1 Å². The highest BCUT2D eigenvalue weighted by Crippen LogP contribution is 2.24. The van der Waals surface area contributed by atoms with Gasteiger partial charge in [-0.3, -0.25) is 0 Å². The summed E-state index contributed by atoms with van der Waals surface area (Å²) in [5, 5.41) is 8.50. The molecule has 4 aromatic rings. The normalized spacial score (nSPS) is 9.79. The van der Waals surface area contributed by atoms with Crippen molar-refractivity contribution in [2.24, 2.45) is 0 Å². The smallest absolute Gasteiger partial charge is 0.219 e. The summed E-state index contributed by atoms with van der Waals surface area (Å²) in [6.45, 7) is 0. The minimum atomic E-state index is -0.935. The molecule has 4 nitrogen and oxygen atoms in total. The van der Waals surface area contributed by atoms with E-state index in [1.165, 1.54) is 12.3 Å². The lowest BCUT2D eigenvalue weighted by Crippen LogP contribution is -1.91. The Morgan fingerprint density at radius 3 is 1.70 bits per heavy atom. The summed E-state index contributed by atoms with van der Waals surface area (Å²) in [6, 6.07) is 12.8. The minimum Gasteiger partial charge on any atom is -0.505 e. The van der Waals surface area contributed by atoms with E-state index in [0.717, 1.165) is 37.8 Å². The van der Waals surface area contributed by atoms with E-state index >= 15 is 0 Å². The van der Waals surface area contributed by atoms with Crippen LogP contribution in [0.4, 0.5) is 17.6 Å². The van der Waals surface area contributed by atoms with E-state index in [0.29, 0.717) is 6.07 Å². The first-order chi connectivity index (χ1) is 15.6. The van der Waals surface area contributed by atoms with Gasteiger partial charge in [-0.25, -0.2) is 27.5 Å². The Hall–Kier alpha value is -2.50. The van der Waals surface area contributed by atoms with Crippen LogP contribution in [-0.2, 0) is 0 Å². The van der Waals surface area contributed by atoms with E-state index < -0.39 is 29.0 Å². The van der Waals surface area contributed by atoms with Crippen LogP contribution in [0.1, 0.15) is 0 Å². The van der Waals surface area contributed by atoms with Crippen LogP contribution >= 0.6 is 47.8 Å². The van der Waals surface area contributed by atoms with Crippen molar-refractivity contribution in [3.05, 3.63) is 110 Å². The van der Waals surface area contributed by atoms with Crippen LogP contribution in [0.15, 0.2) is 86.6 Å². The molecule has 0 aliphatic rings. The lowest BCUT2D eigenvalue weighted by Gasteiger charge is -2.05. The molecular weight excluding hydrogens is 640 g/mol. The fourth-order valence-corrected chi connectivity index (χ4v) is 2.64. The highest BCUT2D eigenvalue weighted by Gasteiger charge is 2.06. The lowest BCUT2D eigenvalue weighted by atomic mass is 10.3. The van der Waals surface area contributed by atoms with Gasteiger partial charge in [0, 0.05) is 39.5 Å². The third-order valence-electron chi connectivity index (χ3n) is 3.41. The van der Waals surface area contributed by atoms with Gasteiger partial charge < -0.3 is 9.84 Å². The van der Waals surface area contributed by atoms with E-state index in [2.05, 4.69) is 57.8 Å². The number of hydrogen-bond acceptors (Lipinski definition) is 4. The van der Waals surface area contributed by atoms with E-state index in [1.807, 2.05) is 12.1 Å². The van der Waals surface area contributed by atoms with Gasteiger partial charge in [-0.15, -0.1) is 0 Å². The first-order valence-electron chi connectivity index (χ1n) is 8.79. The molecule has 0 amide bonds. The highest BCUT2D eigenvalue weighted by molar-refractivity contribution is 9.11. The molecule has 2 aromatic carbocycles. The van der Waals surface area contributed by atoms with Crippen LogP contribution in [0.2, 0.25) is 0 Å². The van der Waals surface area contributed by atoms with Crippen LogP contribution in [0.25, 0.3) is 0 Å². The Bertz CT molecular complexity index is 1160. The number of pyridine rings is 2. The maximum Gasteiger partial charge on any atom is 0.219 e. The Morgan fingerprint density at radius 1 is 0.667 bits per heavy atom. The van der Waals surface area contributed by atoms with Gasteiger partial charge in [-0.1, -0.05) is 0 Å². The van der Waals surface area contributed by atoms with Crippen LogP contribution < -0.4 is 4.74 Å². The number of rotatable bonds is 2. The standard InChI is InChI=1S/C11H6BrF2NO.C6H4F2O.C5H3Br2N/c12-7-1-4-11(15-6-7)16-10-3-2-8(13)5-9(10)14;7-4-1-2-6(9)5(8)3-4;6-4-1-2-5(7)8-3-4/h1-6H;1-3,9H;1-3H. The molecule has 4 rings (SSSR count). The largest absolute Gasteiger partial charge is 0.505 e. The molecule has 0 radical (unpaired) electrons. The maximum atomic E-state index is 13.2. The van der Waals surface area contributed by atoms with Gasteiger partial charge in [0.05, 0.1) is 0 Å². The molecule has 0 spiro atoms. The predicted octanol–water partition coefficient (Wildman–Crippen LogP) is 8.19. The van der Waals surface area contributed by atoms with Crippen LogP contribution in [0.3, 0.4) is 0 Å². The van der Waals surface area contributed by atoms with Crippen molar-refractivity contribution < 1.29 is 27.4 Å². The molecule has 2 heterocycles. The average molecular weight is 653 g/mol. The number of aromatic nitrogens is 2. The van der Waals surface area contributed by atoms with E-state index in [9.17, 15) is 17.6 Å². The number of nitrogens with zero attached hydrogens (tertiary/aromatic N) is 2. The van der Waals surface area contributed by atoms with Crippen molar-refractivity contribution in [3.8, 4) is 17.4 Å². The Balaban J connectivity index is 0.000000192. The predicted molar refractivity (Wildman–Crippen MR) is 126 cm³/mol. The molecule has 0 saturated heterocycles. The molecule has 0 aliphatic heterocycles. The van der Waals surface area contributed by atoms with Crippen molar-refractivity contribution in [3.63, 3.8) is 0 Å². The van der Waals surface area contributed by atoms with Crippen molar-refractivity contribution in [2.75, 3.05) is 0 Å². The second-order valence-electron chi connectivity index (χ2n) is 5.89. The highest BCUT2D eigenvalue weighted by atomic mass is 79.9. The average Bonchev–Trinajstić information content (AvgIpc) is 2.77. The molecule has 0 aliphatic carbocycles. The summed E-state index contributed by atoms with van der Waals surface area (Å²) in [5.41, 5.74) is 0. The molecule has 0 saturated carbocycles. The molecule has 0 atom stereocenters. The molecule has 0 fully saturated rings. The SMILES string of the molecule is Brc1ccc(Br)nc1.Fc1ccc(Oc2ccc(Br)cn2)c(F)c1.Oc1ccc(F)cc1F. The molecule has 2 aromatic heterocycles. The summed E-state index contributed by atoms with van der Waals surface area (Å²) in [4.78, 5) is 7.86. The van der Waals surface area contributed by atoms with Gasteiger partial charge in [0.1, 0.15) is 16.2 Å². The molecular formula is C22H13Br3F4N2O2. The first-order valence-corrected chi connectivity index (χ1v) is 11.2. The molecule has 0 unspecified atom stereocenters. The van der Waals surface area contributed by atoms with Crippen molar-refractivity contribution in [1.29, 1.82) is 0 Å². The number of halogens is 7. The quantitative estimate of drug-likeness (QED) is 0.175. The van der Waals surface area contributed by atoms with Gasteiger partial charge in [-0.05, 0) is 90.3 Å². The van der Waals surface area contributed by atoms with Crippen LogP contribution in [0.5, 0.6) is 17.4 Å². The van der Waals surface area contributed by atoms with E-state index in [-0.39, 0.29) is 11.6 Å². The number of ether oxygens (including phenoxy) is 1. The van der Waals surface area contributed by atoms with Gasteiger partial charge in [-0.2, -0.15) is 0 Å². The third kappa shape index (κ3) is 9.89. The second kappa shape index (κ2) is 13.3. The van der Waals surface area contributed by atoms with Gasteiger partial charge in [0.15, 0.2) is 23.1 Å². The summed E-state index contributed by atoms with van der Waals surface area (Å²) in [6.07, 6.45) is 3.26. The van der Waals surface area contributed by atoms with E-state index in [1.54, 1.807) is 18.3 Å². The number of hydrogen-bond donors (Lipinski definition) is 1. The van der Waals surface area contributed by atoms with Crippen LogP contribution in [0, 0.1) is 23.3 Å². The molecule has 1 N–H and O–H groups in total. The Kier molecular flexibility index (Phi) is 10.8. The molecule has 33 heavy (non-hydrogen) atoms. The number of aromatic hydroxyl groups is 1.